The number of piperazine rings is 1. The number of nitrogens with zero attached hydrogens (tertiary/aromatic N) is 3. The van der Waals surface area contributed by atoms with Crippen molar-refractivity contribution in [2.75, 3.05) is 36.4 Å². The van der Waals surface area contributed by atoms with Gasteiger partial charge in [0.2, 0.25) is 0 Å². The Hall–Kier alpha value is -3.86. The largest absolute Gasteiger partial charge is 0.507 e. The average molecular weight is 556 g/mol. The number of pyridine rings is 1. The number of aliphatic hydroxyl groups excluding tert-OH is 1. The second-order valence-corrected chi connectivity index (χ2v) is 9.49. The van der Waals surface area contributed by atoms with Crippen LogP contribution in [0.3, 0.4) is 0 Å². The van der Waals surface area contributed by atoms with E-state index in [0.29, 0.717) is 53.3 Å². The number of ketones is 1. The molecule has 1 fully saturated rings. The maximum atomic E-state index is 13.4. The Bertz CT molecular complexity index is 1360. The second kappa shape index (κ2) is 10.4. The van der Waals surface area contributed by atoms with Crippen molar-refractivity contribution in [2.45, 2.75) is 19.9 Å². The highest BCUT2D eigenvalue weighted by Gasteiger charge is 2.28. The molecule has 10 nitrogen and oxygen atoms in total. The molecule has 0 bridgehead atoms. The molecule has 0 unspecified atom stereocenters. The lowest BCUT2D eigenvalue weighted by atomic mass is 10.1. The monoisotopic (exact) mass is 555 g/mol. The molecule has 4 rings (SSSR count). The fourth-order valence-corrected chi connectivity index (χ4v) is 4.76. The van der Waals surface area contributed by atoms with E-state index in [-0.39, 0.29) is 17.5 Å². The van der Waals surface area contributed by atoms with Gasteiger partial charge < -0.3 is 30.3 Å². The first-order chi connectivity index (χ1) is 17.2. The number of halogens is 1. The summed E-state index contributed by atoms with van der Waals surface area (Å²) in [5.74, 6) is -2.78. The van der Waals surface area contributed by atoms with Crippen LogP contribution in [0.1, 0.15) is 29.9 Å². The molecule has 3 aromatic rings. The SMILES string of the molecule is CC(C)Nc1cccnc1N1CCN(C(=O)c2[nH]c3c(/C(O)=C/C(=O)C(=O)O)cccc3c2Br)CC1. The minimum Gasteiger partial charge on any atom is -0.507 e. The van der Waals surface area contributed by atoms with Crippen molar-refractivity contribution in [3.8, 4) is 0 Å². The minimum atomic E-state index is -1.67. The number of carboxylic acids is 1. The van der Waals surface area contributed by atoms with Crippen molar-refractivity contribution in [1.29, 1.82) is 0 Å². The van der Waals surface area contributed by atoms with Crippen molar-refractivity contribution < 1.29 is 24.6 Å². The second-order valence-electron chi connectivity index (χ2n) is 8.69. The van der Waals surface area contributed by atoms with Crippen LogP contribution in [0, 0.1) is 0 Å². The highest BCUT2D eigenvalue weighted by atomic mass is 79.9. The van der Waals surface area contributed by atoms with Gasteiger partial charge in [-0.05, 0) is 48.0 Å². The summed E-state index contributed by atoms with van der Waals surface area (Å²) in [6.07, 6.45) is 2.40. The number of nitrogens with one attached hydrogen (secondary N) is 2. The molecule has 0 aliphatic carbocycles. The number of aliphatic hydroxyl groups is 1. The van der Waals surface area contributed by atoms with Gasteiger partial charge >= 0.3 is 5.97 Å². The number of anilines is 2. The van der Waals surface area contributed by atoms with Crippen molar-refractivity contribution in [2.24, 2.45) is 0 Å². The Morgan fingerprint density at radius 1 is 1.11 bits per heavy atom. The molecule has 36 heavy (non-hydrogen) atoms. The van der Waals surface area contributed by atoms with E-state index in [9.17, 15) is 19.5 Å². The molecule has 1 amide bonds. The molecule has 0 saturated carbocycles. The van der Waals surface area contributed by atoms with Crippen LogP contribution in [0.25, 0.3) is 16.7 Å². The lowest BCUT2D eigenvalue weighted by Gasteiger charge is -2.36. The Kier molecular flexibility index (Phi) is 7.30. The van der Waals surface area contributed by atoms with Crippen molar-refractivity contribution in [3.63, 3.8) is 0 Å². The van der Waals surface area contributed by atoms with Gasteiger partial charge in [0.15, 0.2) is 5.82 Å². The van der Waals surface area contributed by atoms with E-state index in [1.807, 2.05) is 12.1 Å². The zero-order valence-corrected chi connectivity index (χ0v) is 21.4. The number of benzene rings is 1. The van der Waals surface area contributed by atoms with Gasteiger partial charge in [-0.3, -0.25) is 9.59 Å². The van der Waals surface area contributed by atoms with E-state index in [4.69, 9.17) is 5.11 Å². The maximum absolute atomic E-state index is 13.4. The van der Waals surface area contributed by atoms with E-state index in [1.54, 1.807) is 23.2 Å². The number of rotatable bonds is 7. The van der Waals surface area contributed by atoms with Crippen LogP contribution in [0.5, 0.6) is 0 Å². The third-order valence-electron chi connectivity index (χ3n) is 5.84. The number of carbonyl (C=O) groups excluding carboxylic acids is 2. The van der Waals surface area contributed by atoms with Crippen LogP contribution in [0.4, 0.5) is 11.5 Å². The van der Waals surface area contributed by atoms with Crippen molar-refractivity contribution in [1.82, 2.24) is 14.9 Å². The molecule has 2 aromatic heterocycles. The topological polar surface area (TPSA) is 139 Å². The quantitative estimate of drug-likeness (QED) is 0.197. The molecule has 1 saturated heterocycles. The zero-order chi connectivity index (χ0) is 26.0. The Morgan fingerprint density at radius 2 is 1.83 bits per heavy atom. The number of hydrogen-bond acceptors (Lipinski definition) is 7. The third kappa shape index (κ3) is 5.06. The van der Waals surface area contributed by atoms with Crippen LogP contribution < -0.4 is 10.2 Å². The number of aliphatic carboxylic acids is 1. The zero-order valence-electron chi connectivity index (χ0n) is 19.8. The molecule has 0 radical (unpaired) electrons. The number of aromatic nitrogens is 2. The third-order valence-corrected chi connectivity index (χ3v) is 6.66. The molecular formula is C25H26BrN5O5. The molecule has 3 heterocycles. The van der Waals surface area contributed by atoms with Crippen LogP contribution in [-0.2, 0) is 9.59 Å². The first-order valence-electron chi connectivity index (χ1n) is 11.4. The molecule has 1 aliphatic heterocycles. The Morgan fingerprint density at radius 3 is 2.50 bits per heavy atom. The first-order valence-corrected chi connectivity index (χ1v) is 12.2. The van der Waals surface area contributed by atoms with Crippen LogP contribution in [0.15, 0.2) is 47.1 Å². The van der Waals surface area contributed by atoms with E-state index >= 15 is 0 Å². The maximum Gasteiger partial charge on any atom is 0.376 e. The number of carboxylic acid groups (broad SMARTS) is 1. The van der Waals surface area contributed by atoms with E-state index in [1.165, 1.54) is 6.07 Å². The standard InChI is InChI=1S/C25H26BrN5O5/c1-14(2)28-17-7-4-8-27-23(17)30-9-11-31(12-10-30)24(34)22-20(26)16-6-3-5-15(21(16)29-22)18(32)13-19(33)25(35)36/h3-8,13-14,28-29,32H,9-12H2,1-2H3,(H,35,36)/b18-13-. The molecule has 0 atom stereocenters. The lowest BCUT2D eigenvalue weighted by molar-refractivity contribution is -0.146. The molecule has 11 heteroatoms. The van der Waals surface area contributed by atoms with Crippen molar-refractivity contribution in [3.05, 3.63) is 58.3 Å². The molecular weight excluding hydrogens is 530 g/mol. The summed E-state index contributed by atoms with van der Waals surface area (Å²) in [4.78, 5) is 47.3. The molecule has 1 aromatic carbocycles. The summed E-state index contributed by atoms with van der Waals surface area (Å²) in [6.45, 7) is 6.33. The number of aromatic amines is 1. The fraction of sp³-hybridized carbons (Fsp3) is 0.280. The predicted octanol–water partition coefficient (Wildman–Crippen LogP) is 3.66. The molecule has 0 spiro atoms. The Labute approximate surface area is 215 Å². The normalized spacial score (nSPS) is 14.4. The number of hydrogen-bond donors (Lipinski definition) is 4. The van der Waals surface area contributed by atoms with E-state index < -0.39 is 17.5 Å². The lowest BCUT2D eigenvalue weighted by Crippen LogP contribution is -2.49. The van der Waals surface area contributed by atoms with Gasteiger partial charge in [0.25, 0.3) is 11.7 Å². The van der Waals surface area contributed by atoms with Crippen LogP contribution >= 0.6 is 15.9 Å². The highest BCUT2D eigenvalue weighted by molar-refractivity contribution is 9.10. The predicted molar refractivity (Wildman–Crippen MR) is 140 cm³/mol. The molecule has 4 N–H and O–H groups in total. The number of para-hydroxylation sites is 1. The van der Waals surface area contributed by atoms with Gasteiger partial charge in [0, 0.05) is 55.4 Å². The minimum absolute atomic E-state index is 0.213. The number of fused-ring (bicyclic) bond motifs is 1. The summed E-state index contributed by atoms with van der Waals surface area (Å²) in [7, 11) is 0. The number of H-pyrrole nitrogens is 1. The van der Waals surface area contributed by atoms with E-state index in [0.717, 1.165) is 11.5 Å². The average Bonchev–Trinajstić information content (AvgIpc) is 3.20. The van der Waals surface area contributed by atoms with Gasteiger partial charge in [-0.25, -0.2) is 9.78 Å². The van der Waals surface area contributed by atoms with Gasteiger partial charge in [-0.1, -0.05) is 12.1 Å². The smallest absolute Gasteiger partial charge is 0.376 e. The molecule has 188 valence electrons. The first kappa shape index (κ1) is 25.2. The fourth-order valence-electron chi connectivity index (χ4n) is 4.16. The number of amides is 1. The van der Waals surface area contributed by atoms with Gasteiger partial charge in [0.1, 0.15) is 11.5 Å². The summed E-state index contributed by atoms with van der Waals surface area (Å²) >= 11 is 3.49. The highest BCUT2D eigenvalue weighted by Crippen LogP contribution is 2.33. The summed E-state index contributed by atoms with van der Waals surface area (Å²) in [6, 6.07) is 9.08. The van der Waals surface area contributed by atoms with E-state index in [2.05, 4.69) is 50.0 Å². The van der Waals surface area contributed by atoms with Gasteiger partial charge in [0.05, 0.1) is 15.7 Å². The van der Waals surface area contributed by atoms with Gasteiger partial charge in [-0.2, -0.15) is 0 Å². The van der Waals surface area contributed by atoms with Crippen LogP contribution in [0.2, 0.25) is 0 Å². The Balaban J connectivity index is 1.55. The number of carbonyl (C=O) groups is 3. The molecule has 1 aliphatic rings. The van der Waals surface area contributed by atoms with Crippen LogP contribution in [-0.4, -0.2) is 75.0 Å². The summed E-state index contributed by atoms with van der Waals surface area (Å²) < 4.78 is 0.525. The van der Waals surface area contributed by atoms with Gasteiger partial charge in [-0.15, -0.1) is 0 Å². The van der Waals surface area contributed by atoms with Crippen molar-refractivity contribution >= 4 is 61.8 Å². The summed E-state index contributed by atoms with van der Waals surface area (Å²) in [5, 5.41) is 23.2. The summed E-state index contributed by atoms with van der Waals surface area (Å²) in [5.41, 5.74) is 1.89.